The molecule has 1 aromatic rings. The quantitative estimate of drug-likeness (QED) is 0.620. The number of carbonyl (C=O) groups is 1. The van der Waals surface area contributed by atoms with Gasteiger partial charge in [-0.1, -0.05) is 0 Å². The van der Waals surface area contributed by atoms with E-state index in [0.29, 0.717) is 11.1 Å². The van der Waals surface area contributed by atoms with Gasteiger partial charge in [-0.05, 0) is 37.6 Å². The molecule has 0 aliphatic heterocycles. The van der Waals surface area contributed by atoms with Crippen molar-refractivity contribution in [2.45, 2.75) is 25.9 Å². The summed E-state index contributed by atoms with van der Waals surface area (Å²) in [4.78, 5) is 11.1. The molecule has 0 heterocycles. The summed E-state index contributed by atoms with van der Waals surface area (Å²) in [5.41, 5.74) is 0.801. The van der Waals surface area contributed by atoms with E-state index in [1.165, 1.54) is 32.0 Å². The topological polar surface area (TPSA) is 26.3 Å². The number of hydrogen-bond donors (Lipinski definition) is 0. The van der Waals surface area contributed by atoms with E-state index >= 15 is 0 Å². The molecule has 0 aromatic heterocycles. The van der Waals surface area contributed by atoms with Gasteiger partial charge in [0.15, 0.2) is 12.4 Å². The second-order valence-corrected chi connectivity index (χ2v) is 4.02. The number of aryl methyl sites for hydroxylation is 1. The molecule has 0 bridgehead atoms. The number of alkyl halides is 5. The highest BCUT2D eigenvalue weighted by Gasteiger charge is 2.58. The number of benzene rings is 1. The molecule has 7 heteroatoms. The fourth-order valence-corrected chi connectivity index (χ4v) is 1.38. The molecule has 0 spiro atoms. The Balaban J connectivity index is 2.80. The second-order valence-electron chi connectivity index (χ2n) is 4.02. The molecule has 0 saturated heterocycles. The predicted octanol–water partition coefficient (Wildman–Crippen LogP) is 3.77. The lowest BCUT2D eigenvalue weighted by Crippen LogP contribution is -2.41. The monoisotopic (exact) mass is 282 g/mol. The summed E-state index contributed by atoms with van der Waals surface area (Å²) in [5, 5.41) is 0. The van der Waals surface area contributed by atoms with Crippen LogP contribution < -0.4 is 4.74 Å². The minimum atomic E-state index is -5.65. The van der Waals surface area contributed by atoms with Gasteiger partial charge in [0.1, 0.15) is 5.75 Å². The molecule has 106 valence electrons. The fraction of sp³-hybridized carbons (Fsp3) is 0.417. The lowest BCUT2D eigenvalue weighted by molar-refractivity contribution is -0.290. The first-order valence-corrected chi connectivity index (χ1v) is 5.23. The Morgan fingerprint density at radius 3 is 2.21 bits per heavy atom. The summed E-state index contributed by atoms with van der Waals surface area (Å²) in [5.74, 6) is -5.30. The number of halogens is 5. The van der Waals surface area contributed by atoms with E-state index < -0.39 is 18.7 Å². The minimum Gasteiger partial charge on any atom is -0.487 e. The first-order chi connectivity index (χ1) is 8.54. The van der Waals surface area contributed by atoms with Crippen molar-refractivity contribution in [2.75, 3.05) is 6.61 Å². The van der Waals surface area contributed by atoms with Crippen molar-refractivity contribution in [1.82, 2.24) is 0 Å². The number of hydrogen-bond acceptors (Lipinski definition) is 2. The van der Waals surface area contributed by atoms with Gasteiger partial charge < -0.3 is 4.74 Å². The number of ether oxygens (including phenoxy) is 1. The van der Waals surface area contributed by atoms with Crippen LogP contribution in [-0.2, 0) is 0 Å². The molecule has 0 radical (unpaired) electrons. The molecular weight excluding hydrogens is 271 g/mol. The van der Waals surface area contributed by atoms with Gasteiger partial charge in [-0.3, -0.25) is 4.79 Å². The van der Waals surface area contributed by atoms with Crippen molar-refractivity contribution in [3.05, 3.63) is 29.3 Å². The molecular formula is C12H11F5O2. The van der Waals surface area contributed by atoms with Gasteiger partial charge in [-0.25, -0.2) is 0 Å². The molecule has 0 aliphatic carbocycles. The van der Waals surface area contributed by atoms with E-state index in [2.05, 4.69) is 4.74 Å². The third-order valence-electron chi connectivity index (χ3n) is 2.41. The number of rotatable bonds is 4. The Bertz CT molecular complexity index is 479. The van der Waals surface area contributed by atoms with Crippen molar-refractivity contribution in [3.8, 4) is 5.75 Å². The van der Waals surface area contributed by atoms with Gasteiger partial charge in [0.2, 0.25) is 0 Å². The summed E-state index contributed by atoms with van der Waals surface area (Å²) in [7, 11) is 0. The lowest BCUT2D eigenvalue weighted by atomic mass is 10.1. The maximum Gasteiger partial charge on any atom is 0.456 e. The maximum atomic E-state index is 12.6. The zero-order valence-electron chi connectivity index (χ0n) is 10.1. The van der Waals surface area contributed by atoms with E-state index in [0.717, 1.165) is 0 Å². The van der Waals surface area contributed by atoms with E-state index in [-0.39, 0.29) is 11.5 Å². The molecule has 1 aromatic carbocycles. The van der Waals surface area contributed by atoms with Gasteiger partial charge >= 0.3 is 12.1 Å². The van der Waals surface area contributed by atoms with Crippen molar-refractivity contribution in [3.63, 3.8) is 0 Å². The van der Waals surface area contributed by atoms with Gasteiger partial charge in [-0.2, -0.15) is 22.0 Å². The van der Waals surface area contributed by atoms with Crippen LogP contribution in [0.1, 0.15) is 22.8 Å². The van der Waals surface area contributed by atoms with Crippen molar-refractivity contribution >= 4 is 5.78 Å². The van der Waals surface area contributed by atoms with Crippen LogP contribution in [0.2, 0.25) is 0 Å². The third-order valence-corrected chi connectivity index (χ3v) is 2.41. The number of ketones is 1. The molecule has 0 fully saturated rings. The van der Waals surface area contributed by atoms with E-state index in [1.807, 2.05) is 0 Å². The highest BCUT2D eigenvalue weighted by molar-refractivity contribution is 5.95. The maximum absolute atomic E-state index is 12.6. The predicted molar refractivity (Wildman–Crippen MR) is 57.7 cm³/mol. The fourth-order valence-electron chi connectivity index (χ4n) is 1.38. The molecule has 0 amide bonds. The molecule has 0 saturated carbocycles. The normalized spacial score (nSPS) is 12.4. The second kappa shape index (κ2) is 5.14. The summed E-state index contributed by atoms with van der Waals surface area (Å²) in [6.45, 7) is 1.06. The molecule has 1 rings (SSSR count). The van der Waals surface area contributed by atoms with Crippen LogP contribution in [0.15, 0.2) is 18.2 Å². The van der Waals surface area contributed by atoms with Crippen LogP contribution in [-0.4, -0.2) is 24.5 Å². The highest BCUT2D eigenvalue weighted by atomic mass is 19.4. The van der Waals surface area contributed by atoms with Gasteiger partial charge in [0.05, 0.1) is 0 Å². The minimum absolute atomic E-state index is 0.147. The molecule has 0 aliphatic rings. The Morgan fingerprint density at radius 2 is 1.79 bits per heavy atom. The van der Waals surface area contributed by atoms with Gasteiger partial charge in [0, 0.05) is 5.56 Å². The average molecular weight is 282 g/mol. The summed E-state index contributed by atoms with van der Waals surface area (Å²) < 4.78 is 65.4. The first-order valence-electron chi connectivity index (χ1n) is 5.23. The Morgan fingerprint density at radius 1 is 1.21 bits per heavy atom. The average Bonchev–Trinajstić information content (AvgIpc) is 2.24. The Kier molecular flexibility index (Phi) is 4.17. The molecule has 2 nitrogen and oxygen atoms in total. The third kappa shape index (κ3) is 3.65. The smallest absolute Gasteiger partial charge is 0.456 e. The van der Waals surface area contributed by atoms with Crippen LogP contribution in [0.25, 0.3) is 0 Å². The van der Waals surface area contributed by atoms with Crippen LogP contribution in [0.5, 0.6) is 5.75 Å². The highest BCUT2D eigenvalue weighted by Crippen LogP contribution is 2.35. The number of carbonyl (C=O) groups excluding carboxylic acids is 1. The molecule has 0 atom stereocenters. The van der Waals surface area contributed by atoms with Crippen LogP contribution >= 0.6 is 0 Å². The van der Waals surface area contributed by atoms with E-state index in [9.17, 15) is 26.7 Å². The first kappa shape index (κ1) is 15.4. The zero-order chi connectivity index (χ0) is 14.8. The van der Waals surface area contributed by atoms with Crippen LogP contribution in [0.3, 0.4) is 0 Å². The van der Waals surface area contributed by atoms with E-state index in [1.54, 1.807) is 0 Å². The molecule has 19 heavy (non-hydrogen) atoms. The lowest BCUT2D eigenvalue weighted by Gasteiger charge is -2.20. The Hall–Kier alpha value is -1.66. The van der Waals surface area contributed by atoms with Crippen molar-refractivity contribution < 1.29 is 31.5 Å². The SMILES string of the molecule is CC(=O)c1ccc(OCC(F)(F)C(F)(F)F)cc1C. The molecule has 0 N–H and O–H groups in total. The summed E-state index contributed by atoms with van der Waals surface area (Å²) in [6, 6.07) is 3.73. The number of Topliss-reactive ketones (excluding diaryl/α,β-unsaturated/α-hetero) is 1. The van der Waals surface area contributed by atoms with Crippen LogP contribution in [0.4, 0.5) is 22.0 Å². The largest absolute Gasteiger partial charge is 0.487 e. The van der Waals surface area contributed by atoms with Gasteiger partial charge in [0.25, 0.3) is 0 Å². The summed E-state index contributed by atoms with van der Waals surface area (Å²) in [6.07, 6.45) is -5.65. The molecule has 0 unspecified atom stereocenters. The van der Waals surface area contributed by atoms with Crippen molar-refractivity contribution in [1.29, 1.82) is 0 Å². The van der Waals surface area contributed by atoms with Crippen molar-refractivity contribution in [2.24, 2.45) is 0 Å². The van der Waals surface area contributed by atoms with Gasteiger partial charge in [-0.15, -0.1) is 0 Å². The zero-order valence-corrected chi connectivity index (χ0v) is 10.1. The van der Waals surface area contributed by atoms with Crippen LogP contribution in [0, 0.1) is 6.92 Å². The summed E-state index contributed by atoms with van der Waals surface area (Å²) >= 11 is 0. The Labute approximate surface area is 106 Å². The standard InChI is InChI=1S/C12H11F5O2/c1-7-5-9(3-4-10(7)8(2)18)19-6-11(13,14)12(15,16)17/h3-5H,6H2,1-2H3. The van der Waals surface area contributed by atoms with E-state index in [4.69, 9.17) is 0 Å².